The molecule has 8 nitrogen and oxygen atoms in total. The second kappa shape index (κ2) is 10.8. The van der Waals surface area contributed by atoms with Gasteiger partial charge in [-0.05, 0) is 59.5 Å². The number of aromatic hydroxyl groups is 1. The van der Waals surface area contributed by atoms with Gasteiger partial charge in [-0.3, -0.25) is 9.59 Å². The molecule has 1 aromatic rings. The molecule has 0 aromatic heterocycles. The van der Waals surface area contributed by atoms with Gasteiger partial charge >= 0.3 is 5.97 Å². The first kappa shape index (κ1) is 23.4. The van der Waals surface area contributed by atoms with Crippen molar-refractivity contribution in [1.82, 2.24) is 10.6 Å². The smallest absolute Gasteiger partial charge is 0.338 e. The van der Waals surface area contributed by atoms with Gasteiger partial charge in [0.1, 0.15) is 11.8 Å². The van der Waals surface area contributed by atoms with E-state index in [-0.39, 0.29) is 24.7 Å². The van der Waals surface area contributed by atoms with Gasteiger partial charge in [-0.25, -0.2) is 4.79 Å². The van der Waals surface area contributed by atoms with E-state index in [1.165, 1.54) is 0 Å². The molecule has 9 heteroatoms. The number of nitrogens with one attached hydrogen (secondary N) is 2. The Morgan fingerprint density at radius 2 is 2.00 bits per heavy atom. The van der Waals surface area contributed by atoms with Gasteiger partial charge in [-0.15, -0.1) is 0 Å². The molecule has 0 saturated carbocycles. The topological polar surface area (TPSA) is 117 Å². The molecule has 0 radical (unpaired) electrons. The minimum Gasteiger partial charge on any atom is -0.507 e. The Morgan fingerprint density at radius 1 is 1.28 bits per heavy atom. The van der Waals surface area contributed by atoms with Crippen LogP contribution in [0.25, 0.3) is 0 Å². The summed E-state index contributed by atoms with van der Waals surface area (Å²) in [6.45, 7) is 6.49. The van der Waals surface area contributed by atoms with Gasteiger partial charge in [0.2, 0.25) is 5.91 Å². The number of hydrogen-bond acceptors (Lipinski definition) is 6. The second-order valence-electron chi connectivity index (χ2n) is 7.25. The van der Waals surface area contributed by atoms with Gasteiger partial charge < -0.3 is 25.2 Å². The maximum atomic E-state index is 12.7. The van der Waals surface area contributed by atoms with Crippen LogP contribution < -0.4 is 10.6 Å². The van der Waals surface area contributed by atoms with Crippen molar-refractivity contribution in [2.24, 2.45) is 5.92 Å². The summed E-state index contributed by atoms with van der Waals surface area (Å²) in [6, 6.07) is 4.17. The highest BCUT2D eigenvalue weighted by molar-refractivity contribution is 14.1. The molecule has 1 aliphatic heterocycles. The van der Waals surface area contributed by atoms with E-state index in [4.69, 9.17) is 9.47 Å². The molecule has 1 saturated heterocycles. The molecule has 2 rings (SSSR count). The van der Waals surface area contributed by atoms with E-state index in [0.717, 1.165) is 12.0 Å². The van der Waals surface area contributed by atoms with Crippen LogP contribution in [0.1, 0.15) is 32.8 Å². The number of hydrogen-bond donors (Lipinski definition) is 3. The number of benzene rings is 1. The zero-order chi connectivity index (χ0) is 21.6. The third kappa shape index (κ3) is 7.14. The monoisotopic (exact) mass is 518 g/mol. The summed E-state index contributed by atoms with van der Waals surface area (Å²) >= 11 is 2.00. The molecule has 1 aromatic carbocycles. The number of epoxide rings is 1. The van der Waals surface area contributed by atoms with Crippen LogP contribution in [0.15, 0.2) is 18.2 Å². The number of rotatable bonds is 10. The molecule has 3 atom stereocenters. The number of halogens is 1. The third-order valence-electron chi connectivity index (χ3n) is 4.37. The molecule has 0 aliphatic carbocycles. The lowest BCUT2D eigenvalue weighted by Gasteiger charge is -2.19. The lowest BCUT2D eigenvalue weighted by Crippen LogP contribution is -2.50. The number of carbonyl (C=O) groups is 3. The fourth-order valence-corrected chi connectivity index (χ4v) is 3.28. The maximum Gasteiger partial charge on any atom is 0.338 e. The molecule has 1 fully saturated rings. The Hall–Kier alpha value is -1.88. The molecule has 1 aliphatic rings. The molecule has 160 valence electrons. The average molecular weight is 518 g/mol. The minimum absolute atomic E-state index is 0.153. The number of carbonyl (C=O) groups excluding carboxylic acids is 3. The van der Waals surface area contributed by atoms with E-state index < -0.39 is 30.1 Å². The van der Waals surface area contributed by atoms with E-state index in [1.807, 2.05) is 22.6 Å². The Bertz CT molecular complexity index is 754. The van der Waals surface area contributed by atoms with Gasteiger partial charge in [0.25, 0.3) is 5.91 Å². The summed E-state index contributed by atoms with van der Waals surface area (Å²) in [5.41, 5.74) is 0.787. The third-order valence-corrected chi connectivity index (χ3v) is 5.24. The van der Waals surface area contributed by atoms with Crippen molar-refractivity contribution in [2.75, 3.05) is 13.2 Å². The first-order chi connectivity index (χ1) is 13.7. The molecule has 0 bridgehead atoms. The average Bonchev–Trinajstić information content (AvgIpc) is 3.45. The highest BCUT2D eigenvalue weighted by Crippen LogP contribution is 2.24. The van der Waals surface area contributed by atoms with Crippen molar-refractivity contribution >= 4 is 40.4 Å². The highest BCUT2D eigenvalue weighted by atomic mass is 127. The summed E-state index contributed by atoms with van der Waals surface area (Å²) in [7, 11) is 0. The molecule has 3 N–H and O–H groups in total. The van der Waals surface area contributed by atoms with Gasteiger partial charge in [-0.2, -0.15) is 0 Å². The lowest BCUT2D eigenvalue weighted by molar-refractivity contribution is -0.144. The molecule has 1 heterocycles. The van der Waals surface area contributed by atoms with Crippen molar-refractivity contribution in [1.29, 1.82) is 0 Å². The molecule has 29 heavy (non-hydrogen) atoms. The Kier molecular flexibility index (Phi) is 8.69. The summed E-state index contributed by atoms with van der Waals surface area (Å²) < 4.78 is 10.6. The van der Waals surface area contributed by atoms with Crippen LogP contribution in [0.3, 0.4) is 0 Å². The highest BCUT2D eigenvalue weighted by Gasteiger charge is 2.52. The zero-order valence-corrected chi connectivity index (χ0v) is 18.9. The molecule has 2 amide bonds. The van der Waals surface area contributed by atoms with Crippen molar-refractivity contribution in [3.05, 3.63) is 27.3 Å². The van der Waals surface area contributed by atoms with Crippen molar-refractivity contribution < 1.29 is 29.0 Å². The standard InChI is InChI=1S/C20H27IN2O6/c1-4-28-20(27)17-16(29-17)19(26)23-14(18(25)22-8-7-11(2)3)10-12-5-6-15(24)13(21)9-12/h5-6,9,11,14,16-17,24H,4,7-8,10H2,1-3H3,(H,22,25)(H,23,26)/t14-,16-,17-/m0/s1. The summed E-state index contributed by atoms with van der Waals surface area (Å²) in [4.78, 5) is 36.8. The number of phenols is 1. The van der Waals surface area contributed by atoms with E-state index in [9.17, 15) is 19.5 Å². The fraction of sp³-hybridized carbons (Fsp3) is 0.550. The predicted octanol–water partition coefficient (Wildman–Crippen LogP) is 1.52. The summed E-state index contributed by atoms with van der Waals surface area (Å²) in [6.07, 6.45) is -0.804. The molecular formula is C20H27IN2O6. The van der Waals surface area contributed by atoms with Crippen LogP contribution in [0.5, 0.6) is 5.75 Å². The largest absolute Gasteiger partial charge is 0.507 e. The summed E-state index contributed by atoms with van der Waals surface area (Å²) in [5, 5.41) is 15.2. The molecule has 0 spiro atoms. The van der Waals surface area contributed by atoms with E-state index >= 15 is 0 Å². The first-order valence-corrected chi connectivity index (χ1v) is 10.7. The van der Waals surface area contributed by atoms with Crippen LogP contribution in [-0.4, -0.2) is 54.3 Å². The fourth-order valence-electron chi connectivity index (χ4n) is 2.70. The van der Waals surface area contributed by atoms with E-state index in [1.54, 1.807) is 25.1 Å². The Labute approximate surface area is 183 Å². The van der Waals surface area contributed by atoms with Crippen LogP contribution in [-0.2, 0) is 30.3 Å². The van der Waals surface area contributed by atoms with Crippen LogP contribution in [0, 0.1) is 9.49 Å². The minimum atomic E-state index is -0.944. The Morgan fingerprint density at radius 3 is 2.62 bits per heavy atom. The van der Waals surface area contributed by atoms with E-state index in [2.05, 4.69) is 24.5 Å². The number of phenolic OH excluding ortho intramolecular Hbond substituents is 1. The SMILES string of the molecule is CCOC(=O)[C@H]1O[C@@H]1C(=O)N[C@@H](Cc1ccc(O)c(I)c1)C(=O)NCCC(C)C. The summed E-state index contributed by atoms with van der Waals surface area (Å²) in [5.74, 6) is -0.832. The number of ether oxygens (including phenoxy) is 2. The Balaban J connectivity index is 2.03. The van der Waals surface area contributed by atoms with Crippen LogP contribution in [0.4, 0.5) is 0 Å². The van der Waals surface area contributed by atoms with Crippen molar-refractivity contribution in [2.45, 2.75) is 51.9 Å². The van der Waals surface area contributed by atoms with Gasteiger partial charge in [0.15, 0.2) is 12.2 Å². The second-order valence-corrected chi connectivity index (χ2v) is 8.42. The van der Waals surface area contributed by atoms with Crippen molar-refractivity contribution in [3.8, 4) is 5.75 Å². The van der Waals surface area contributed by atoms with Gasteiger partial charge in [0.05, 0.1) is 10.2 Å². The lowest BCUT2D eigenvalue weighted by atomic mass is 10.0. The van der Waals surface area contributed by atoms with Crippen LogP contribution >= 0.6 is 22.6 Å². The number of amides is 2. The first-order valence-electron chi connectivity index (χ1n) is 9.60. The van der Waals surface area contributed by atoms with Gasteiger partial charge in [-0.1, -0.05) is 19.9 Å². The quantitative estimate of drug-likeness (QED) is 0.246. The van der Waals surface area contributed by atoms with Crippen LogP contribution in [0.2, 0.25) is 0 Å². The van der Waals surface area contributed by atoms with Crippen molar-refractivity contribution in [3.63, 3.8) is 0 Å². The normalized spacial score (nSPS) is 18.8. The van der Waals surface area contributed by atoms with E-state index in [0.29, 0.717) is 16.0 Å². The molecule has 0 unspecified atom stereocenters. The zero-order valence-electron chi connectivity index (χ0n) is 16.7. The maximum absolute atomic E-state index is 12.7. The van der Waals surface area contributed by atoms with Gasteiger partial charge in [0, 0.05) is 13.0 Å². The predicted molar refractivity (Wildman–Crippen MR) is 114 cm³/mol. The number of esters is 1. The molecular weight excluding hydrogens is 491 g/mol.